The van der Waals surface area contributed by atoms with Crippen LogP contribution in [0.15, 0.2) is 0 Å². The molecule has 0 aliphatic carbocycles. The van der Waals surface area contributed by atoms with Crippen LogP contribution in [0.5, 0.6) is 0 Å². The van der Waals surface area contributed by atoms with Crippen molar-refractivity contribution in [3.63, 3.8) is 0 Å². The lowest BCUT2D eigenvalue weighted by Gasteiger charge is -2.32. The quantitative estimate of drug-likeness (QED) is 0.837. The summed E-state index contributed by atoms with van der Waals surface area (Å²) >= 11 is 1.34. The van der Waals surface area contributed by atoms with Gasteiger partial charge in [0.25, 0.3) is 5.91 Å². The van der Waals surface area contributed by atoms with Crippen molar-refractivity contribution in [1.82, 2.24) is 9.88 Å². The monoisotopic (exact) mass is 308 g/mol. The minimum atomic E-state index is -0.329. The standard InChI is InChI=1S/C14H20N4O2S/c1-2-3-7-15-14-17-11-10(21-14)13(20)18-8-5-4-6-9(18)12(19)16-11/h9H,2-8H2,1H3,(H,15,17)(H,16,19). The van der Waals surface area contributed by atoms with Gasteiger partial charge < -0.3 is 15.5 Å². The molecular formula is C14H20N4O2S. The SMILES string of the molecule is CCCCNc1nc2c(s1)C(=O)N1CCCCC1C(=O)N2. The van der Waals surface area contributed by atoms with Gasteiger partial charge in [0.15, 0.2) is 10.9 Å². The van der Waals surface area contributed by atoms with Crippen LogP contribution in [0.3, 0.4) is 0 Å². The molecule has 1 unspecified atom stereocenters. The molecule has 1 fully saturated rings. The minimum Gasteiger partial charge on any atom is -0.361 e. The van der Waals surface area contributed by atoms with Crippen LogP contribution in [0.4, 0.5) is 10.9 Å². The summed E-state index contributed by atoms with van der Waals surface area (Å²) in [6.45, 7) is 3.61. The molecule has 1 aromatic heterocycles. The topological polar surface area (TPSA) is 74.3 Å². The van der Waals surface area contributed by atoms with E-state index in [1.165, 1.54) is 11.3 Å². The van der Waals surface area contributed by atoms with Crippen molar-refractivity contribution in [2.45, 2.75) is 45.1 Å². The minimum absolute atomic E-state index is 0.0610. The third kappa shape index (κ3) is 2.74. The lowest BCUT2D eigenvalue weighted by Crippen LogP contribution is -2.47. The number of thiazole rings is 1. The molecule has 1 aromatic rings. The molecule has 7 heteroatoms. The zero-order chi connectivity index (χ0) is 14.8. The van der Waals surface area contributed by atoms with E-state index >= 15 is 0 Å². The summed E-state index contributed by atoms with van der Waals surface area (Å²) in [4.78, 5) is 31.5. The smallest absolute Gasteiger partial charge is 0.268 e. The van der Waals surface area contributed by atoms with Crippen LogP contribution in [-0.4, -0.2) is 40.8 Å². The highest BCUT2D eigenvalue weighted by atomic mass is 32.1. The number of carbonyl (C=O) groups excluding carboxylic acids is 2. The van der Waals surface area contributed by atoms with Gasteiger partial charge in [-0.3, -0.25) is 9.59 Å². The van der Waals surface area contributed by atoms with Gasteiger partial charge in [-0.15, -0.1) is 0 Å². The number of hydrogen-bond acceptors (Lipinski definition) is 5. The molecule has 3 heterocycles. The highest BCUT2D eigenvalue weighted by molar-refractivity contribution is 7.18. The van der Waals surface area contributed by atoms with E-state index in [2.05, 4.69) is 22.5 Å². The molecule has 21 heavy (non-hydrogen) atoms. The number of piperidine rings is 1. The molecule has 0 bridgehead atoms. The highest BCUT2D eigenvalue weighted by Crippen LogP contribution is 2.33. The molecule has 114 valence electrons. The zero-order valence-electron chi connectivity index (χ0n) is 12.1. The summed E-state index contributed by atoms with van der Waals surface area (Å²) in [5.74, 6) is 0.254. The number of nitrogens with zero attached hydrogens (tertiary/aromatic N) is 2. The number of nitrogens with one attached hydrogen (secondary N) is 2. The van der Waals surface area contributed by atoms with Gasteiger partial charge in [-0.25, -0.2) is 4.98 Å². The molecule has 0 saturated carbocycles. The first-order chi connectivity index (χ1) is 10.2. The number of aromatic nitrogens is 1. The van der Waals surface area contributed by atoms with Crippen molar-refractivity contribution in [3.05, 3.63) is 4.88 Å². The molecule has 2 N–H and O–H groups in total. The van der Waals surface area contributed by atoms with E-state index in [-0.39, 0.29) is 17.9 Å². The maximum absolute atomic E-state index is 12.6. The Labute approximate surface area is 127 Å². The van der Waals surface area contributed by atoms with Crippen molar-refractivity contribution < 1.29 is 9.59 Å². The van der Waals surface area contributed by atoms with Gasteiger partial charge in [-0.1, -0.05) is 24.7 Å². The summed E-state index contributed by atoms with van der Waals surface area (Å²) in [7, 11) is 0. The molecule has 0 spiro atoms. The predicted molar refractivity (Wildman–Crippen MR) is 82.8 cm³/mol. The molecule has 1 saturated heterocycles. The fourth-order valence-electron chi connectivity index (χ4n) is 2.78. The second-order valence-electron chi connectivity index (χ2n) is 5.48. The van der Waals surface area contributed by atoms with Gasteiger partial charge in [0, 0.05) is 13.1 Å². The Morgan fingerprint density at radius 2 is 2.29 bits per heavy atom. The Kier molecular flexibility index (Phi) is 4.10. The summed E-state index contributed by atoms with van der Waals surface area (Å²) in [6.07, 6.45) is 4.86. The first-order valence-electron chi connectivity index (χ1n) is 7.57. The first kappa shape index (κ1) is 14.3. The largest absolute Gasteiger partial charge is 0.361 e. The average molecular weight is 308 g/mol. The lowest BCUT2D eigenvalue weighted by atomic mass is 10.0. The maximum atomic E-state index is 12.6. The van der Waals surface area contributed by atoms with E-state index < -0.39 is 0 Å². The maximum Gasteiger partial charge on any atom is 0.268 e. The van der Waals surface area contributed by atoms with E-state index in [0.29, 0.717) is 22.4 Å². The molecule has 0 radical (unpaired) electrons. The number of hydrogen-bond donors (Lipinski definition) is 2. The average Bonchev–Trinajstić information content (AvgIpc) is 2.85. The summed E-state index contributed by atoms with van der Waals surface area (Å²) in [6, 6.07) is -0.329. The third-order valence-corrected chi connectivity index (χ3v) is 4.94. The molecular weight excluding hydrogens is 288 g/mol. The molecule has 0 aromatic carbocycles. The number of amides is 2. The summed E-state index contributed by atoms with van der Waals surface area (Å²) < 4.78 is 0. The normalized spacial score (nSPS) is 21.4. The van der Waals surface area contributed by atoms with Crippen molar-refractivity contribution in [2.75, 3.05) is 23.7 Å². The van der Waals surface area contributed by atoms with E-state index in [4.69, 9.17) is 0 Å². The third-order valence-electron chi connectivity index (χ3n) is 3.94. The van der Waals surface area contributed by atoms with Crippen molar-refractivity contribution in [2.24, 2.45) is 0 Å². The number of fused-ring (bicyclic) bond motifs is 2. The van der Waals surface area contributed by atoms with E-state index in [9.17, 15) is 9.59 Å². The summed E-state index contributed by atoms with van der Waals surface area (Å²) in [5.41, 5.74) is 0. The molecule has 1 atom stereocenters. The molecule has 2 amide bonds. The molecule has 6 nitrogen and oxygen atoms in total. The van der Waals surface area contributed by atoms with Crippen molar-refractivity contribution in [1.29, 1.82) is 0 Å². The van der Waals surface area contributed by atoms with Crippen LogP contribution in [0.2, 0.25) is 0 Å². The van der Waals surface area contributed by atoms with Gasteiger partial charge in [0.05, 0.1) is 0 Å². The van der Waals surface area contributed by atoms with E-state index in [0.717, 1.165) is 38.6 Å². The Morgan fingerprint density at radius 1 is 1.43 bits per heavy atom. The van der Waals surface area contributed by atoms with Crippen LogP contribution < -0.4 is 10.6 Å². The zero-order valence-corrected chi connectivity index (χ0v) is 13.0. The molecule has 3 rings (SSSR count). The highest BCUT2D eigenvalue weighted by Gasteiger charge is 2.38. The van der Waals surface area contributed by atoms with E-state index in [1.807, 2.05) is 0 Å². The second-order valence-corrected chi connectivity index (χ2v) is 6.48. The Bertz CT molecular complexity index is 557. The van der Waals surface area contributed by atoms with Gasteiger partial charge in [-0.2, -0.15) is 0 Å². The first-order valence-corrected chi connectivity index (χ1v) is 8.39. The Balaban J connectivity index is 1.84. The van der Waals surface area contributed by atoms with Gasteiger partial charge in [-0.05, 0) is 25.7 Å². The second kappa shape index (κ2) is 6.01. The molecule has 2 aliphatic rings. The van der Waals surface area contributed by atoms with Crippen LogP contribution >= 0.6 is 11.3 Å². The summed E-state index contributed by atoms with van der Waals surface area (Å²) in [5, 5.41) is 6.74. The number of carbonyl (C=O) groups is 2. The van der Waals surface area contributed by atoms with Gasteiger partial charge >= 0.3 is 0 Å². The number of anilines is 2. The Morgan fingerprint density at radius 3 is 3.10 bits per heavy atom. The predicted octanol–water partition coefficient (Wildman–Crippen LogP) is 2.30. The van der Waals surface area contributed by atoms with E-state index in [1.54, 1.807) is 4.90 Å². The Hall–Kier alpha value is -1.63. The van der Waals surface area contributed by atoms with Crippen molar-refractivity contribution in [3.8, 4) is 0 Å². The lowest BCUT2D eigenvalue weighted by molar-refractivity contribution is -0.121. The van der Waals surface area contributed by atoms with Gasteiger partial charge in [0.2, 0.25) is 5.91 Å². The number of rotatable bonds is 4. The molecule has 2 aliphatic heterocycles. The fraction of sp³-hybridized carbons (Fsp3) is 0.643. The van der Waals surface area contributed by atoms with Gasteiger partial charge in [0.1, 0.15) is 10.9 Å². The van der Waals surface area contributed by atoms with Crippen LogP contribution in [0.25, 0.3) is 0 Å². The fourth-order valence-corrected chi connectivity index (χ4v) is 3.68. The van der Waals surface area contributed by atoms with Crippen LogP contribution in [-0.2, 0) is 4.79 Å². The van der Waals surface area contributed by atoms with Crippen molar-refractivity contribution >= 4 is 34.1 Å². The number of unbranched alkanes of at least 4 members (excludes halogenated alkanes) is 1. The van der Waals surface area contributed by atoms with Crippen LogP contribution in [0, 0.1) is 0 Å². The van der Waals surface area contributed by atoms with Crippen LogP contribution in [0.1, 0.15) is 48.7 Å².